The molecule has 4 aromatic heterocycles. The van der Waals surface area contributed by atoms with E-state index in [0.717, 1.165) is 17.0 Å². The summed E-state index contributed by atoms with van der Waals surface area (Å²) in [6.45, 7) is 0.966. The summed E-state index contributed by atoms with van der Waals surface area (Å²) < 4.78 is 7.59. The van der Waals surface area contributed by atoms with E-state index in [1.165, 1.54) is 0 Å². The molecule has 0 aliphatic carbocycles. The molecule has 1 aliphatic rings. The lowest BCUT2D eigenvalue weighted by molar-refractivity contribution is 0.0722. The van der Waals surface area contributed by atoms with Gasteiger partial charge in [0.05, 0.1) is 12.1 Å². The van der Waals surface area contributed by atoms with Crippen molar-refractivity contribution in [1.29, 1.82) is 0 Å². The van der Waals surface area contributed by atoms with E-state index in [1.54, 1.807) is 40.2 Å². The zero-order valence-electron chi connectivity index (χ0n) is 13.7. The highest BCUT2D eigenvalue weighted by Gasteiger charge is 2.27. The molecule has 128 valence electrons. The third kappa shape index (κ3) is 2.43. The van der Waals surface area contributed by atoms with Crippen molar-refractivity contribution in [2.75, 3.05) is 6.54 Å². The molecule has 0 unspecified atom stereocenters. The van der Waals surface area contributed by atoms with Crippen molar-refractivity contribution < 1.29 is 9.21 Å². The predicted molar refractivity (Wildman–Crippen MR) is 91.2 cm³/mol. The van der Waals surface area contributed by atoms with Crippen molar-refractivity contribution in [3.8, 4) is 11.5 Å². The highest BCUT2D eigenvalue weighted by atomic mass is 16.4. The Kier molecular flexibility index (Phi) is 3.27. The van der Waals surface area contributed by atoms with Gasteiger partial charge in [-0.25, -0.2) is 15.0 Å². The fraction of sp³-hybridized carbons (Fsp3) is 0.167. The van der Waals surface area contributed by atoms with E-state index < -0.39 is 0 Å². The molecule has 5 rings (SSSR count). The summed E-state index contributed by atoms with van der Waals surface area (Å²) in [4.78, 5) is 31.6. The molecule has 1 amide bonds. The molecular weight excluding hydrogens is 332 g/mol. The van der Waals surface area contributed by atoms with Crippen LogP contribution in [0, 0.1) is 0 Å². The molecule has 0 N–H and O–H groups in total. The first-order valence-electron chi connectivity index (χ1n) is 8.26. The SMILES string of the molecule is O=C(c1cn2cccnc2n1)N1CCc2oc(-c3cccnc3)nc2C1. The van der Waals surface area contributed by atoms with Gasteiger partial charge in [0.2, 0.25) is 11.7 Å². The molecule has 0 fully saturated rings. The number of fused-ring (bicyclic) bond motifs is 2. The average molecular weight is 346 g/mol. The first-order valence-corrected chi connectivity index (χ1v) is 8.26. The maximum Gasteiger partial charge on any atom is 0.274 e. The maximum absolute atomic E-state index is 12.8. The third-order valence-corrected chi connectivity index (χ3v) is 4.38. The quantitative estimate of drug-likeness (QED) is 0.551. The molecule has 0 aromatic carbocycles. The topological polar surface area (TPSA) is 89.4 Å². The van der Waals surface area contributed by atoms with Crippen LogP contribution in [0.5, 0.6) is 0 Å². The molecule has 0 spiro atoms. The van der Waals surface area contributed by atoms with Crippen LogP contribution in [-0.4, -0.2) is 41.7 Å². The highest BCUT2D eigenvalue weighted by Crippen LogP contribution is 2.26. The maximum atomic E-state index is 12.8. The summed E-state index contributed by atoms with van der Waals surface area (Å²) in [6, 6.07) is 5.54. The molecular formula is C18H14N6O2. The zero-order valence-corrected chi connectivity index (χ0v) is 13.7. The number of carbonyl (C=O) groups excluding carboxylic acids is 1. The van der Waals surface area contributed by atoms with Crippen LogP contribution < -0.4 is 0 Å². The molecule has 8 nitrogen and oxygen atoms in total. The molecule has 0 radical (unpaired) electrons. The molecule has 5 heterocycles. The molecule has 1 aliphatic heterocycles. The fourth-order valence-electron chi connectivity index (χ4n) is 3.08. The number of aromatic nitrogens is 5. The monoisotopic (exact) mass is 346 g/mol. The van der Waals surface area contributed by atoms with Crippen molar-refractivity contribution in [2.24, 2.45) is 0 Å². The summed E-state index contributed by atoms with van der Waals surface area (Å²) in [5.74, 6) is 1.74. The molecule has 0 saturated heterocycles. The van der Waals surface area contributed by atoms with Crippen LogP contribution in [0.15, 0.2) is 53.6 Å². The number of oxazole rings is 1. The van der Waals surface area contributed by atoms with Gasteiger partial charge in [-0.3, -0.25) is 14.2 Å². The summed E-state index contributed by atoms with van der Waals surface area (Å²) >= 11 is 0. The number of hydrogen-bond donors (Lipinski definition) is 0. The number of amides is 1. The Balaban J connectivity index is 1.41. The first kappa shape index (κ1) is 14.8. The van der Waals surface area contributed by atoms with Crippen LogP contribution >= 0.6 is 0 Å². The Morgan fingerprint density at radius 3 is 3.00 bits per heavy atom. The van der Waals surface area contributed by atoms with E-state index in [9.17, 15) is 4.79 Å². The minimum Gasteiger partial charge on any atom is -0.441 e. The minimum absolute atomic E-state index is 0.132. The van der Waals surface area contributed by atoms with Gasteiger partial charge in [0.1, 0.15) is 17.1 Å². The normalized spacial score (nSPS) is 13.8. The van der Waals surface area contributed by atoms with Crippen molar-refractivity contribution in [2.45, 2.75) is 13.0 Å². The molecule has 0 bridgehead atoms. The Morgan fingerprint density at radius 1 is 1.19 bits per heavy atom. The molecule has 0 atom stereocenters. The summed E-state index contributed by atoms with van der Waals surface area (Å²) in [6.07, 6.45) is 9.21. The second kappa shape index (κ2) is 5.76. The summed E-state index contributed by atoms with van der Waals surface area (Å²) in [5.41, 5.74) is 1.99. The van der Waals surface area contributed by atoms with Crippen LogP contribution in [0.2, 0.25) is 0 Å². The van der Waals surface area contributed by atoms with Gasteiger partial charge in [-0.2, -0.15) is 0 Å². The van der Waals surface area contributed by atoms with Crippen molar-refractivity contribution in [3.63, 3.8) is 0 Å². The molecule has 4 aromatic rings. The largest absolute Gasteiger partial charge is 0.441 e. The van der Waals surface area contributed by atoms with Gasteiger partial charge in [-0.1, -0.05) is 0 Å². The van der Waals surface area contributed by atoms with Crippen molar-refractivity contribution >= 4 is 11.7 Å². The fourth-order valence-corrected chi connectivity index (χ4v) is 3.08. The van der Waals surface area contributed by atoms with E-state index in [4.69, 9.17) is 4.42 Å². The minimum atomic E-state index is -0.132. The predicted octanol–water partition coefficient (Wildman–Crippen LogP) is 1.98. The first-order chi connectivity index (χ1) is 12.8. The number of pyridine rings is 1. The number of rotatable bonds is 2. The molecule has 0 saturated carbocycles. The number of carbonyl (C=O) groups is 1. The van der Waals surface area contributed by atoms with Crippen molar-refractivity contribution in [3.05, 3.63) is 66.3 Å². The van der Waals surface area contributed by atoms with Gasteiger partial charge >= 0.3 is 0 Å². The van der Waals surface area contributed by atoms with Crippen LogP contribution in [0.1, 0.15) is 21.9 Å². The second-order valence-electron chi connectivity index (χ2n) is 6.06. The van der Waals surface area contributed by atoms with E-state index in [1.807, 2.05) is 18.3 Å². The Hall–Kier alpha value is -3.55. The van der Waals surface area contributed by atoms with Gasteiger partial charge in [-0.05, 0) is 18.2 Å². The third-order valence-electron chi connectivity index (χ3n) is 4.38. The van der Waals surface area contributed by atoms with Gasteiger partial charge in [-0.15, -0.1) is 0 Å². The van der Waals surface area contributed by atoms with Crippen LogP contribution in [-0.2, 0) is 13.0 Å². The van der Waals surface area contributed by atoms with E-state index in [2.05, 4.69) is 19.9 Å². The molecule has 26 heavy (non-hydrogen) atoms. The van der Waals surface area contributed by atoms with Crippen LogP contribution in [0.25, 0.3) is 17.2 Å². The number of imidazole rings is 1. The van der Waals surface area contributed by atoms with Gasteiger partial charge < -0.3 is 9.32 Å². The Morgan fingerprint density at radius 2 is 2.15 bits per heavy atom. The lowest BCUT2D eigenvalue weighted by atomic mass is 10.1. The van der Waals surface area contributed by atoms with E-state index >= 15 is 0 Å². The number of hydrogen-bond acceptors (Lipinski definition) is 6. The smallest absolute Gasteiger partial charge is 0.274 e. The van der Waals surface area contributed by atoms with E-state index in [0.29, 0.717) is 36.9 Å². The number of nitrogens with zero attached hydrogens (tertiary/aromatic N) is 6. The Labute approximate surface area is 148 Å². The summed E-state index contributed by atoms with van der Waals surface area (Å²) in [5, 5.41) is 0. The lowest BCUT2D eigenvalue weighted by Gasteiger charge is -2.24. The van der Waals surface area contributed by atoms with Crippen LogP contribution in [0.4, 0.5) is 0 Å². The van der Waals surface area contributed by atoms with Gasteiger partial charge in [0, 0.05) is 43.9 Å². The molecule has 8 heteroatoms. The second-order valence-corrected chi connectivity index (χ2v) is 6.06. The van der Waals surface area contributed by atoms with Gasteiger partial charge in [0.25, 0.3) is 5.91 Å². The zero-order chi connectivity index (χ0) is 17.5. The standard InChI is InChI=1S/C18H14N6O2/c25-17(14-11-24-7-2-6-20-18(24)22-14)23-8-4-15-13(10-23)21-16(26-15)12-3-1-5-19-9-12/h1-3,5-7,9,11H,4,8,10H2. The lowest BCUT2D eigenvalue weighted by Crippen LogP contribution is -2.36. The summed E-state index contributed by atoms with van der Waals surface area (Å²) in [7, 11) is 0. The highest BCUT2D eigenvalue weighted by molar-refractivity contribution is 5.92. The van der Waals surface area contributed by atoms with Crippen LogP contribution in [0.3, 0.4) is 0 Å². The average Bonchev–Trinajstić information content (AvgIpc) is 3.31. The Bertz CT molecular complexity index is 1070. The van der Waals surface area contributed by atoms with E-state index in [-0.39, 0.29) is 5.91 Å². The van der Waals surface area contributed by atoms with Gasteiger partial charge in [0.15, 0.2) is 0 Å². The van der Waals surface area contributed by atoms with Crippen molar-refractivity contribution in [1.82, 2.24) is 29.2 Å².